The summed E-state index contributed by atoms with van der Waals surface area (Å²) in [6, 6.07) is 0. The molecule has 0 aliphatic heterocycles. The van der Waals surface area contributed by atoms with Crippen LogP contribution in [0.15, 0.2) is 72.9 Å². The van der Waals surface area contributed by atoms with Gasteiger partial charge in [0.15, 0.2) is 6.10 Å². The lowest BCUT2D eigenvalue weighted by Gasteiger charge is -2.24. The molecule has 0 aliphatic carbocycles. The zero-order valence-corrected chi connectivity index (χ0v) is 27.7. The number of phosphoric ester groups is 1. The van der Waals surface area contributed by atoms with E-state index in [1.807, 2.05) is 64.5 Å². The number of carbonyl (C=O) groups excluding carboxylic acids is 2. The first-order valence-corrected chi connectivity index (χ1v) is 16.3. The Labute approximate surface area is 263 Å². The number of esters is 2. The van der Waals surface area contributed by atoms with E-state index in [1.54, 1.807) is 36.5 Å². The van der Waals surface area contributed by atoms with Gasteiger partial charge in [-0.15, -0.1) is 0 Å². The van der Waals surface area contributed by atoms with Crippen LogP contribution >= 0.6 is 7.82 Å². The minimum atomic E-state index is -4.37. The maximum absolute atomic E-state index is 12.1. The smallest absolute Gasteiger partial charge is 0.462 e. The van der Waals surface area contributed by atoms with Gasteiger partial charge in [0, 0.05) is 13.3 Å². The summed E-state index contributed by atoms with van der Waals surface area (Å²) in [6.45, 7) is 2.89. The van der Waals surface area contributed by atoms with Gasteiger partial charge in [-0.1, -0.05) is 79.8 Å². The lowest BCUT2D eigenvalue weighted by Crippen LogP contribution is -2.37. The molecule has 12 heteroatoms. The molecule has 4 atom stereocenters. The predicted molar refractivity (Wildman–Crippen MR) is 171 cm³/mol. The van der Waals surface area contributed by atoms with Crippen molar-refractivity contribution < 1.29 is 52.3 Å². The second-order valence-electron chi connectivity index (χ2n) is 10.9. The van der Waals surface area contributed by atoms with Crippen LogP contribution in [0.3, 0.4) is 0 Å². The summed E-state index contributed by atoms with van der Waals surface area (Å²) in [5.74, 6) is -1.17. The van der Waals surface area contributed by atoms with Gasteiger partial charge in [0.1, 0.15) is 19.8 Å². The molecule has 1 unspecified atom stereocenters. The number of rotatable bonds is 24. The first kappa shape index (κ1) is 41.4. The van der Waals surface area contributed by atoms with E-state index in [9.17, 15) is 29.3 Å². The van der Waals surface area contributed by atoms with Crippen molar-refractivity contribution in [2.45, 2.75) is 70.7 Å². The van der Waals surface area contributed by atoms with Gasteiger partial charge in [-0.05, 0) is 32.1 Å². The summed E-state index contributed by atoms with van der Waals surface area (Å²) < 4.78 is 32.6. The highest BCUT2D eigenvalue weighted by atomic mass is 31.2. The van der Waals surface area contributed by atoms with Crippen molar-refractivity contribution in [2.24, 2.45) is 0 Å². The minimum absolute atomic E-state index is 0.00520. The summed E-state index contributed by atoms with van der Waals surface area (Å²) in [4.78, 5) is 33.3. The van der Waals surface area contributed by atoms with Gasteiger partial charge in [0.2, 0.25) is 0 Å². The van der Waals surface area contributed by atoms with Crippen molar-refractivity contribution in [1.29, 1.82) is 0 Å². The van der Waals surface area contributed by atoms with Crippen molar-refractivity contribution in [2.75, 3.05) is 47.5 Å². The van der Waals surface area contributed by atoms with Crippen molar-refractivity contribution >= 4 is 19.8 Å². The van der Waals surface area contributed by atoms with E-state index >= 15 is 0 Å². The monoisotopic (exact) mass is 642 g/mol. The van der Waals surface area contributed by atoms with Crippen LogP contribution < -0.4 is 0 Å². The molecule has 0 aliphatic rings. The summed E-state index contributed by atoms with van der Waals surface area (Å²) in [6.07, 6.45) is 22.9. The Bertz CT molecular complexity index is 1030. The Balaban J connectivity index is 4.26. The molecule has 44 heavy (non-hydrogen) atoms. The van der Waals surface area contributed by atoms with E-state index in [4.69, 9.17) is 18.5 Å². The number of phosphoric acid groups is 1. The van der Waals surface area contributed by atoms with E-state index in [-0.39, 0.29) is 19.6 Å². The Hall–Kier alpha value is -2.63. The molecule has 0 aromatic carbocycles. The fourth-order valence-electron chi connectivity index (χ4n) is 3.15. The summed E-state index contributed by atoms with van der Waals surface area (Å²) in [5, 5.41) is 19.8. The molecule has 0 bridgehead atoms. The van der Waals surface area contributed by atoms with Gasteiger partial charge in [-0.25, -0.2) is 4.57 Å². The topological polar surface area (TPSA) is 149 Å². The average Bonchev–Trinajstić information content (AvgIpc) is 2.92. The van der Waals surface area contributed by atoms with Gasteiger partial charge >= 0.3 is 19.8 Å². The molecule has 3 N–H and O–H groups in total. The maximum atomic E-state index is 12.1. The number of carbonyl (C=O) groups is 2. The van der Waals surface area contributed by atoms with E-state index in [0.29, 0.717) is 36.7 Å². The largest absolute Gasteiger partial charge is 0.472 e. The Morgan fingerprint density at radius 1 is 0.841 bits per heavy atom. The van der Waals surface area contributed by atoms with Gasteiger partial charge < -0.3 is 29.1 Å². The fraction of sp³-hybridized carbons (Fsp3) is 0.562. The highest BCUT2D eigenvalue weighted by Crippen LogP contribution is 2.43. The second-order valence-corrected chi connectivity index (χ2v) is 12.3. The van der Waals surface area contributed by atoms with Crippen LogP contribution in [-0.4, -0.2) is 97.3 Å². The number of ether oxygens (including phenoxy) is 2. The Morgan fingerprint density at radius 2 is 1.43 bits per heavy atom. The van der Waals surface area contributed by atoms with Crippen molar-refractivity contribution in [3.63, 3.8) is 0 Å². The van der Waals surface area contributed by atoms with Crippen LogP contribution in [0.5, 0.6) is 0 Å². The molecule has 250 valence electrons. The van der Waals surface area contributed by atoms with Gasteiger partial charge in [0.05, 0.1) is 40.0 Å². The predicted octanol–water partition coefficient (Wildman–Crippen LogP) is 4.72. The molecule has 0 aromatic rings. The molecule has 0 aromatic heterocycles. The van der Waals surface area contributed by atoms with Crippen molar-refractivity contribution in [3.8, 4) is 0 Å². The SMILES string of the molecule is CC/C=C\C[C@@H](O)/C=C/C=C\C=C\[C@@H](O)C/C=C\C/C=C\CCC(=O)OC[C@H](COP(=O)(O)OCC[N+](C)(C)C)OC(C)=O. The lowest BCUT2D eigenvalue weighted by atomic mass is 10.2. The average molecular weight is 643 g/mol. The van der Waals surface area contributed by atoms with Crippen LogP contribution in [0, 0.1) is 0 Å². The molecule has 0 radical (unpaired) electrons. The number of nitrogens with zero attached hydrogens (tertiary/aromatic N) is 1. The van der Waals surface area contributed by atoms with Crippen LogP contribution in [0.4, 0.5) is 0 Å². The minimum Gasteiger partial charge on any atom is -0.462 e. The molecule has 0 rings (SSSR count). The van der Waals surface area contributed by atoms with Gasteiger partial charge in [-0.3, -0.25) is 18.6 Å². The molecule has 0 amide bonds. The lowest BCUT2D eigenvalue weighted by molar-refractivity contribution is -0.870. The van der Waals surface area contributed by atoms with Crippen LogP contribution in [0.1, 0.15) is 52.4 Å². The standard InChI is InChI=1S/C32H52NO10P/c1-6-7-14-19-29(35)21-16-12-13-17-22-30(36)20-15-10-8-9-11-18-23-32(37)40-26-31(43-28(2)34)27-42-44(38,39)41-25-24-33(3,4)5/h7,9-17,21-22,29-31,35-36H,6,8,18-20,23-27H2,1-5H3/p+1/b11-9-,13-12-,14-7-,15-10-,21-16+,22-17+/t29-,30+,31-/m1/s1. The first-order valence-electron chi connectivity index (χ1n) is 14.8. The van der Waals surface area contributed by atoms with E-state index < -0.39 is 44.7 Å². The molecular formula is C32H53NO10P+. The normalized spacial score (nSPS) is 16.5. The van der Waals surface area contributed by atoms with Crippen LogP contribution in [0.2, 0.25) is 0 Å². The van der Waals surface area contributed by atoms with E-state index in [0.717, 1.165) is 6.42 Å². The molecule has 0 saturated heterocycles. The molecular weight excluding hydrogens is 589 g/mol. The van der Waals surface area contributed by atoms with E-state index in [1.165, 1.54) is 6.92 Å². The Morgan fingerprint density at radius 3 is 2.00 bits per heavy atom. The van der Waals surface area contributed by atoms with Crippen LogP contribution in [-0.2, 0) is 32.7 Å². The highest BCUT2D eigenvalue weighted by Gasteiger charge is 2.26. The molecule has 0 fully saturated rings. The summed E-state index contributed by atoms with van der Waals surface area (Å²) >= 11 is 0. The molecule has 0 heterocycles. The zero-order chi connectivity index (χ0) is 33.3. The Kier molecular flexibility index (Phi) is 23.2. The molecule has 0 saturated carbocycles. The zero-order valence-electron chi connectivity index (χ0n) is 26.8. The number of hydrogen-bond acceptors (Lipinski definition) is 9. The highest BCUT2D eigenvalue weighted by molar-refractivity contribution is 7.47. The number of quaternary nitrogens is 1. The number of hydrogen-bond donors (Lipinski definition) is 3. The number of allylic oxidation sites excluding steroid dienone is 8. The third-order valence-corrected chi connectivity index (χ3v) is 6.47. The maximum Gasteiger partial charge on any atom is 0.472 e. The first-order chi connectivity index (χ1) is 20.7. The second kappa shape index (κ2) is 24.7. The molecule has 0 spiro atoms. The van der Waals surface area contributed by atoms with Gasteiger partial charge in [-0.2, -0.15) is 0 Å². The quantitative estimate of drug-likeness (QED) is 0.0444. The third kappa shape index (κ3) is 28.2. The fourth-order valence-corrected chi connectivity index (χ4v) is 3.89. The molecule has 11 nitrogen and oxygen atoms in total. The summed E-state index contributed by atoms with van der Waals surface area (Å²) in [5.41, 5.74) is 0. The number of aliphatic hydroxyl groups excluding tert-OH is 2. The van der Waals surface area contributed by atoms with Crippen molar-refractivity contribution in [3.05, 3.63) is 72.9 Å². The van der Waals surface area contributed by atoms with E-state index in [2.05, 4.69) is 0 Å². The van der Waals surface area contributed by atoms with Gasteiger partial charge in [0.25, 0.3) is 0 Å². The summed E-state index contributed by atoms with van der Waals surface area (Å²) in [7, 11) is 1.35. The number of aliphatic hydroxyl groups is 2. The third-order valence-electron chi connectivity index (χ3n) is 5.48. The number of likely N-dealkylation sites (N-methyl/N-ethyl adjacent to an activating group) is 1. The van der Waals surface area contributed by atoms with Crippen LogP contribution in [0.25, 0.3) is 0 Å². The van der Waals surface area contributed by atoms with Crippen molar-refractivity contribution in [1.82, 2.24) is 0 Å².